The van der Waals surface area contributed by atoms with Gasteiger partial charge in [0.15, 0.2) is 0 Å². The first-order valence-corrected chi connectivity index (χ1v) is 6.61. The Morgan fingerprint density at radius 1 is 1.28 bits per heavy atom. The smallest absolute Gasteiger partial charge is 0.0959 e. The third kappa shape index (κ3) is 2.18. The standard InChI is InChI=1S/C15H18N2O/c18-15(12-6-2-1-3-7-12)10-17-11-16-13-8-4-5-9-14(13)17/h4-6,8-9,11,15,18H,1-3,7,10H2. The number of allylic oxidation sites excluding steroid dienone is 1. The van der Waals surface area contributed by atoms with Crippen LogP contribution in [-0.2, 0) is 6.54 Å². The zero-order valence-corrected chi connectivity index (χ0v) is 10.4. The maximum absolute atomic E-state index is 10.3. The maximum Gasteiger partial charge on any atom is 0.0959 e. The predicted octanol–water partition coefficient (Wildman–Crippen LogP) is 2.90. The molecule has 94 valence electrons. The molecule has 3 nitrogen and oxygen atoms in total. The molecule has 1 aromatic carbocycles. The first-order valence-electron chi connectivity index (χ1n) is 6.61. The average Bonchev–Trinajstić information content (AvgIpc) is 2.83. The van der Waals surface area contributed by atoms with Gasteiger partial charge in [0.2, 0.25) is 0 Å². The van der Waals surface area contributed by atoms with E-state index in [-0.39, 0.29) is 6.10 Å². The molecule has 2 aromatic rings. The molecule has 0 fully saturated rings. The van der Waals surface area contributed by atoms with Gasteiger partial charge in [0.05, 0.1) is 30.0 Å². The Hall–Kier alpha value is -1.61. The molecule has 18 heavy (non-hydrogen) atoms. The van der Waals surface area contributed by atoms with Crippen LogP contribution in [0.5, 0.6) is 0 Å². The molecule has 1 N–H and O–H groups in total. The van der Waals surface area contributed by atoms with E-state index < -0.39 is 0 Å². The van der Waals surface area contributed by atoms with Crippen LogP contribution in [0.25, 0.3) is 11.0 Å². The van der Waals surface area contributed by atoms with Gasteiger partial charge in [-0.25, -0.2) is 4.98 Å². The lowest BCUT2D eigenvalue weighted by Gasteiger charge is -2.19. The summed E-state index contributed by atoms with van der Waals surface area (Å²) in [4.78, 5) is 4.35. The molecule has 1 aliphatic rings. The lowest BCUT2D eigenvalue weighted by Crippen LogP contribution is -2.19. The number of imidazole rings is 1. The molecule has 0 aliphatic heterocycles. The molecule has 3 rings (SSSR count). The first kappa shape index (κ1) is 11.5. The minimum absolute atomic E-state index is 0.372. The van der Waals surface area contributed by atoms with Crippen LogP contribution in [0.1, 0.15) is 25.7 Å². The highest BCUT2D eigenvalue weighted by Crippen LogP contribution is 2.22. The van der Waals surface area contributed by atoms with Crippen molar-refractivity contribution in [3.8, 4) is 0 Å². The summed E-state index contributed by atoms with van der Waals surface area (Å²) in [5.74, 6) is 0. The Kier molecular flexibility index (Phi) is 3.15. The highest BCUT2D eigenvalue weighted by Gasteiger charge is 2.14. The number of aliphatic hydroxyl groups is 1. The zero-order chi connectivity index (χ0) is 12.4. The van der Waals surface area contributed by atoms with Crippen molar-refractivity contribution in [2.45, 2.75) is 38.3 Å². The van der Waals surface area contributed by atoms with Gasteiger partial charge < -0.3 is 9.67 Å². The monoisotopic (exact) mass is 242 g/mol. The minimum Gasteiger partial charge on any atom is -0.387 e. The molecular weight excluding hydrogens is 224 g/mol. The highest BCUT2D eigenvalue weighted by molar-refractivity contribution is 5.74. The molecule has 1 unspecified atom stereocenters. The van der Waals surface area contributed by atoms with Crippen LogP contribution in [0.2, 0.25) is 0 Å². The molecule has 0 spiro atoms. The van der Waals surface area contributed by atoms with Crippen LogP contribution in [0.4, 0.5) is 0 Å². The average molecular weight is 242 g/mol. The normalized spacial score (nSPS) is 17.7. The van der Waals surface area contributed by atoms with E-state index in [4.69, 9.17) is 0 Å². The molecule has 0 saturated heterocycles. The molecule has 1 atom stereocenters. The third-order valence-electron chi connectivity index (χ3n) is 3.65. The Bertz CT molecular complexity index is 571. The molecule has 0 amide bonds. The number of aromatic nitrogens is 2. The van der Waals surface area contributed by atoms with E-state index in [9.17, 15) is 5.11 Å². The second-order valence-electron chi connectivity index (χ2n) is 4.93. The summed E-state index contributed by atoms with van der Waals surface area (Å²) < 4.78 is 2.04. The fourth-order valence-corrected chi connectivity index (χ4v) is 2.62. The van der Waals surface area contributed by atoms with E-state index in [1.54, 1.807) is 0 Å². The quantitative estimate of drug-likeness (QED) is 0.840. The first-order chi connectivity index (χ1) is 8.84. The van der Waals surface area contributed by atoms with Crippen molar-refractivity contribution in [2.24, 2.45) is 0 Å². The van der Waals surface area contributed by atoms with E-state index in [1.807, 2.05) is 35.2 Å². The van der Waals surface area contributed by atoms with Crippen LogP contribution in [0.3, 0.4) is 0 Å². The van der Waals surface area contributed by atoms with Crippen molar-refractivity contribution >= 4 is 11.0 Å². The summed E-state index contributed by atoms with van der Waals surface area (Å²) in [7, 11) is 0. The number of aliphatic hydroxyl groups excluding tert-OH is 1. The van der Waals surface area contributed by atoms with Crippen LogP contribution in [0.15, 0.2) is 42.2 Å². The lowest BCUT2D eigenvalue weighted by atomic mass is 9.95. The summed E-state index contributed by atoms with van der Waals surface area (Å²) in [6, 6.07) is 8.04. The van der Waals surface area contributed by atoms with E-state index in [2.05, 4.69) is 11.1 Å². The molecule has 1 heterocycles. The molecule has 0 radical (unpaired) electrons. The van der Waals surface area contributed by atoms with Crippen LogP contribution < -0.4 is 0 Å². The molecule has 0 saturated carbocycles. The zero-order valence-electron chi connectivity index (χ0n) is 10.4. The van der Waals surface area contributed by atoms with Gasteiger partial charge in [0.1, 0.15) is 0 Å². The molecule has 1 aliphatic carbocycles. The van der Waals surface area contributed by atoms with Gasteiger partial charge in [-0.05, 0) is 43.4 Å². The minimum atomic E-state index is -0.372. The fourth-order valence-electron chi connectivity index (χ4n) is 2.62. The molecule has 0 bridgehead atoms. The maximum atomic E-state index is 10.3. The van der Waals surface area contributed by atoms with E-state index >= 15 is 0 Å². The third-order valence-corrected chi connectivity index (χ3v) is 3.65. The van der Waals surface area contributed by atoms with Gasteiger partial charge in [0, 0.05) is 0 Å². The summed E-state index contributed by atoms with van der Waals surface area (Å²) in [6.07, 6.45) is 8.25. The summed E-state index contributed by atoms with van der Waals surface area (Å²) in [5.41, 5.74) is 3.27. The summed E-state index contributed by atoms with van der Waals surface area (Å²) in [5, 5.41) is 10.3. The van der Waals surface area contributed by atoms with Gasteiger partial charge in [0.25, 0.3) is 0 Å². The van der Waals surface area contributed by atoms with Crippen molar-refractivity contribution in [3.63, 3.8) is 0 Å². The van der Waals surface area contributed by atoms with E-state index in [0.29, 0.717) is 6.54 Å². The highest BCUT2D eigenvalue weighted by atomic mass is 16.3. The Morgan fingerprint density at radius 3 is 3.00 bits per heavy atom. The van der Waals surface area contributed by atoms with Gasteiger partial charge in [-0.3, -0.25) is 0 Å². The van der Waals surface area contributed by atoms with Gasteiger partial charge in [-0.1, -0.05) is 18.2 Å². The molecular formula is C15H18N2O. The molecule has 3 heteroatoms. The fraction of sp³-hybridized carbons (Fsp3) is 0.400. The lowest BCUT2D eigenvalue weighted by molar-refractivity contribution is 0.184. The van der Waals surface area contributed by atoms with Crippen LogP contribution >= 0.6 is 0 Å². The van der Waals surface area contributed by atoms with Crippen molar-refractivity contribution in [3.05, 3.63) is 42.2 Å². The van der Waals surface area contributed by atoms with Crippen molar-refractivity contribution in [1.82, 2.24) is 9.55 Å². The SMILES string of the molecule is OC(Cn1cnc2ccccc21)C1=CCCCC1. The van der Waals surface area contributed by atoms with E-state index in [1.165, 1.54) is 18.4 Å². The number of benzene rings is 1. The molecule has 1 aromatic heterocycles. The van der Waals surface area contributed by atoms with Crippen LogP contribution in [-0.4, -0.2) is 20.8 Å². The Morgan fingerprint density at radius 2 is 2.17 bits per heavy atom. The second kappa shape index (κ2) is 4.94. The van der Waals surface area contributed by atoms with Gasteiger partial charge >= 0.3 is 0 Å². The second-order valence-corrected chi connectivity index (χ2v) is 4.93. The van der Waals surface area contributed by atoms with E-state index in [0.717, 1.165) is 23.9 Å². The number of hydrogen-bond acceptors (Lipinski definition) is 2. The number of nitrogens with zero attached hydrogens (tertiary/aromatic N) is 2. The van der Waals surface area contributed by atoms with Crippen LogP contribution in [0, 0.1) is 0 Å². The topological polar surface area (TPSA) is 38.0 Å². The van der Waals surface area contributed by atoms with Crippen molar-refractivity contribution in [2.75, 3.05) is 0 Å². The van der Waals surface area contributed by atoms with Crippen molar-refractivity contribution in [1.29, 1.82) is 0 Å². The number of rotatable bonds is 3. The number of fused-ring (bicyclic) bond motifs is 1. The summed E-state index contributed by atoms with van der Waals surface area (Å²) >= 11 is 0. The van der Waals surface area contributed by atoms with Gasteiger partial charge in [-0.15, -0.1) is 0 Å². The predicted molar refractivity (Wildman–Crippen MR) is 72.3 cm³/mol. The Labute approximate surface area is 107 Å². The summed E-state index contributed by atoms with van der Waals surface area (Å²) in [6.45, 7) is 0.604. The Balaban J connectivity index is 1.81. The van der Waals surface area contributed by atoms with Gasteiger partial charge in [-0.2, -0.15) is 0 Å². The number of hydrogen-bond donors (Lipinski definition) is 1. The largest absolute Gasteiger partial charge is 0.387 e. The number of para-hydroxylation sites is 2. The van der Waals surface area contributed by atoms with Crippen molar-refractivity contribution < 1.29 is 5.11 Å².